The van der Waals surface area contributed by atoms with Crippen molar-refractivity contribution in [1.82, 2.24) is 10.3 Å². The Hall–Kier alpha value is -2.31. The second kappa shape index (κ2) is 8.86. The molecule has 0 aliphatic carbocycles. The van der Waals surface area contributed by atoms with Crippen LogP contribution in [0, 0.1) is 0 Å². The second-order valence-corrected chi connectivity index (χ2v) is 4.84. The first-order chi connectivity index (χ1) is 10.5. The van der Waals surface area contributed by atoms with Crippen LogP contribution in [0.2, 0.25) is 0 Å². The molecule has 0 bridgehead atoms. The van der Waals surface area contributed by atoms with Crippen LogP contribution in [0.4, 0.5) is 0 Å². The highest BCUT2D eigenvalue weighted by molar-refractivity contribution is 5.97. The molecular weight excluding hydrogens is 288 g/mol. The number of carbonyl (C=O) groups excluding carboxylic acids is 2. The molecule has 0 aliphatic heterocycles. The van der Waals surface area contributed by atoms with E-state index in [2.05, 4.69) is 17.2 Å². The van der Waals surface area contributed by atoms with Crippen molar-refractivity contribution in [3.8, 4) is 11.5 Å². The summed E-state index contributed by atoms with van der Waals surface area (Å²) in [5.74, 6) is -1.43. The van der Waals surface area contributed by atoms with Crippen molar-refractivity contribution in [2.75, 3.05) is 13.7 Å². The molecule has 22 heavy (non-hydrogen) atoms. The number of aromatic hydroxyl groups is 1. The number of hydrogen-bond acceptors (Lipinski definition) is 6. The number of nitrogens with zero attached hydrogens (tertiary/aromatic N) is 1. The maximum atomic E-state index is 11.9. The summed E-state index contributed by atoms with van der Waals surface area (Å²) in [6.45, 7) is 3.58. The Morgan fingerprint density at radius 2 is 2.18 bits per heavy atom. The van der Waals surface area contributed by atoms with Crippen LogP contribution in [0.25, 0.3) is 0 Å². The molecule has 1 amide bonds. The average Bonchev–Trinajstić information content (AvgIpc) is 2.50. The van der Waals surface area contributed by atoms with Crippen LogP contribution >= 0.6 is 0 Å². The molecule has 0 spiro atoms. The van der Waals surface area contributed by atoms with Crippen molar-refractivity contribution in [3.05, 3.63) is 18.0 Å². The van der Waals surface area contributed by atoms with E-state index >= 15 is 0 Å². The highest BCUT2D eigenvalue weighted by atomic mass is 16.5. The third-order valence-electron chi connectivity index (χ3n) is 3.01. The molecule has 0 saturated heterocycles. The van der Waals surface area contributed by atoms with Gasteiger partial charge in [-0.25, -0.2) is 4.98 Å². The van der Waals surface area contributed by atoms with Gasteiger partial charge in [-0.3, -0.25) is 9.59 Å². The molecule has 1 aromatic rings. The minimum Gasteiger partial charge on any atom is -0.503 e. The van der Waals surface area contributed by atoms with Gasteiger partial charge in [0.15, 0.2) is 17.2 Å². The van der Waals surface area contributed by atoms with E-state index in [0.717, 1.165) is 19.3 Å². The van der Waals surface area contributed by atoms with Crippen molar-refractivity contribution in [1.29, 1.82) is 0 Å². The number of methoxy groups -OCH3 is 1. The number of nitrogens with one attached hydrogen (secondary N) is 1. The van der Waals surface area contributed by atoms with Gasteiger partial charge in [-0.1, -0.05) is 19.8 Å². The zero-order valence-electron chi connectivity index (χ0n) is 13.1. The van der Waals surface area contributed by atoms with Gasteiger partial charge in [0.2, 0.25) is 0 Å². The molecule has 1 atom stereocenters. The average molecular weight is 310 g/mol. The van der Waals surface area contributed by atoms with E-state index in [-0.39, 0.29) is 29.8 Å². The van der Waals surface area contributed by atoms with Gasteiger partial charge < -0.3 is 19.9 Å². The maximum absolute atomic E-state index is 11.9. The highest BCUT2D eigenvalue weighted by Gasteiger charge is 2.18. The van der Waals surface area contributed by atoms with Crippen LogP contribution in [0.5, 0.6) is 11.5 Å². The number of esters is 1. The first kappa shape index (κ1) is 17.7. The fourth-order valence-electron chi connectivity index (χ4n) is 1.82. The smallest absolute Gasteiger partial charge is 0.325 e. The van der Waals surface area contributed by atoms with E-state index in [1.807, 2.05) is 6.92 Å². The quantitative estimate of drug-likeness (QED) is 0.708. The number of ether oxygens (including phenoxy) is 2. The van der Waals surface area contributed by atoms with Crippen molar-refractivity contribution >= 4 is 11.9 Å². The molecule has 1 aromatic heterocycles. The third kappa shape index (κ3) is 5.23. The number of carbonyl (C=O) groups is 2. The van der Waals surface area contributed by atoms with Gasteiger partial charge in [-0.2, -0.15) is 0 Å². The van der Waals surface area contributed by atoms with Crippen LogP contribution in [0.1, 0.15) is 43.6 Å². The van der Waals surface area contributed by atoms with Gasteiger partial charge in [0, 0.05) is 12.3 Å². The van der Waals surface area contributed by atoms with Crippen LogP contribution < -0.4 is 10.1 Å². The van der Waals surface area contributed by atoms with Gasteiger partial charge in [-0.15, -0.1) is 0 Å². The van der Waals surface area contributed by atoms with Gasteiger partial charge >= 0.3 is 5.97 Å². The Kier molecular flexibility index (Phi) is 7.15. The summed E-state index contributed by atoms with van der Waals surface area (Å²) in [6.07, 6.45) is 3.93. The molecule has 2 N–H and O–H groups in total. The number of unbranched alkanes of at least 4 members (excludes halogenated alkanes) is 1. The fraction of sp³-hybridized carbons (Fsp3) is 0.533. The monoisotopic (exact) mass is 310 g/mol. The van der Waals surface area contributed by atoms with Crippen LogP contribution in [0.3, 0.4) is 0 Å². The zero-order valence-corrected chi connectivity index (χ0v) is 13.1. The normalized spacial score (nSPS) is 11.6. The summed E-state index contributed by atoms with van der Waals surface area (Å²) in [4.78, 5) is 27.3. The van der Waals surface area contributed by atoms with Crippen molar-refractivity contribution in [2.45, 2.75) is 39.2 Å². The van der Waals surface area contributed by atoms with E-state index in [4.69, 9.17) is 9.47 Å². The molecule has 0 aliphatic rings. The number of aromatic nitrogens is 1. The van der Waals surface area contributed by atoms with Crippen molar-refractivity contribution in [3.63, 3.8) is 0 Å². The standard InChI is InChI=1S/C15H22N2O5/c1-4-5-6-10(2)22-12(18)9-17-15(20)13-14(19)11(21-3)7-8-16-13/h7-8,10,19H,4-6,9H2,1-3H3,(H,17,20). The minimum absolute atomic E-state index is 0.135. The maximum Gasteiger partial charge on any atom is 0.325 e. The predicted molar refractivity (Wildman–Crippen MR) is 79.9 cm³/mol. The van der Waals surface area contributed by atoms with E-state index in [0.29, 0.717) is 0 Å². The molecule has 0 saturated carbocycles. The Balaban J connectivity index is 2.51. The topological polar surface area (TPSA) is 97.8 Å². The Labute approximate surface area is 129 Å². The molecule has 7 nitrogen and oxygen atoms in total. The second-order valence-electron chi connectivity index (χ2n) is 4.84. The summed E-state index contributed by atoms with van der Waals surface area (Å²) >= 11 is 0. The van der Waals surface area contributed by atoms with Crippen molar-refractivity contribution < 1.29 is 24.2 Å². The van der Waals surface area contributed by atoms with Crippen molar-refractivity contribution in [2.24, 2.45) is 0 Å². The lowest BCUT2D eigenvalue weighted by Crippen LogP contribution is -2.32. The predicted octanol–water partition coefficient (Wildman–Crippen LogP) is 1.65. The zero-order chi connectivity index (χ0) is 16.5. The molecule has 0 radical (unpaired) electrons. The Morgan fingerprint density at radius 3 is 2.82 bits per heavy atom. The van der Waals surface area contributed by atoms with Crippen LogP contribution in [-0.4, -0.2) is 41.7 Å². The van der Waals surface area contributed by atoms with Crippen LogP contribution in [0.15, 0.2) is 12.3 Å². The number of hydrogen-bond donors (Lipinski definition) is 2. The SMILES string of the molecule is CCCCC(C)OC(=O)CNC(=O)c1nccc(OC)c1O. The lowest BCUT2D eigenvalue weighted by atomic mass is 10.2. The number of pyridine rings is 1. The third-order valence-corrected chi connectivity index (χ3v) is 3.01. The largest absolute Gasteiger partial charge is 0.503 e. The molecule has 7 heteroatoms. The highest BCUT2D eigenvalue weighted by Crippen LogP contribution is 2.27. The molecule has 122 valence electrons. The number of rotatable bonds is 8. The summed E-state index contributed by atoms with van der Waals surface area (Å²) < 4.78 is 10.0. The first-order valence-electron chi connectivity index (χ1n) is 7.19. The molecule has 0 fully saturated rings. The molecule has 1 heterocycles. The van der Waals surface area contributed by atoms with Crippen LogP contribution in [-0.2, 0) is 9.53 Å². The van der Waals surface area contributed by atoms with Gasteiger partial charge in [-0.05, 0) is 13.3 Å². The summed E-state index contributed by atoms with van der Waals surface area (Å²) in [5.41, 5.74) is -0.203. The van der Waals surface area contributed by atoms with E-state index < -0.39 is 11.9 Å². The summed E-state index contributed by atoms with van der Waals surface area (Å²) in [5, 5.41) is 12.2. The number of amides is 1. The summed E-state index contributed by atoms with van der Waals surface area (Å²) in [7, 11) is 1.37. The van der Waals surface area contributed by atoms with E-state index in [9.17, 15) is 14.7 Å². The first-order valence-corrected chi connectivity index (χ1v) is 7.19. The Morgan fingerprint density at radius 1 is 1.45 bits per heavy atom. The molecule has 1 unspecified atom stereocenters. The lowest BCUT2D eigenvalue weighted by molar-refractivity contribution is -0.147. The molecular formula is C15H22N2O5. The molecule has 1 rings (SSSR count). The Bertz CT molecular complexity index is 519. The van der Waals surface area contributed by atoms with E-state index in [1.54, 1.807) is 0 Å². The minimum atomic E-state index is -0.672. The fourth-order valence-corrected chi connectivity index (χ4v) is 1.82. The lowest BCUT2D eigenvalue weighted by Gasteiger charge is -2.13. The van der Waals surface area contributed by atoms with Gasteiger partial charge in [0.1, 0.15) is 6.54 Å². The van der Waals surface area contributed by atoms with E-state index in [1.165, 1.54) is 19.4 Å². The van der Waals surface area contributed by atoms with Gasteiger partial charge in [0.25, 0.3) is 5.91 Å². The van der Waals surface area contributed by atoms with Gasteiger partial charge in [0.05, 0.1) is 13.2 Å². The summed E-state index contributed by atoms with van der Waals surface area (Å²) in [6, 6.07) is 1.43. The molecule has 0 aromatic carbocycles.